The Labute approximate surface area is 120 Å². The zero-order valence-corrected chi connectivity index (χ0v) is 12.0. The highest BCUT2D eigenvalue weighted by Crippen LogP contribution is 2.31. The van der Waals surface area contributed by atoms with Crippen LogP contribution in [0.25, 0.3) is 11.0 Å². The number of fused-ring (bicyclic) bond motifs is 1. The molecule has 0 aliphatic carbocycles. The summed E-state index contributed by atoms with van der Waals surface area (Å²) in [5.41, 5.74) is -0.413. The Hall–Kier alpha value is -1.78. The third kappa shape index (κ3) is 3.12. The van der Waals surface area contributed by atoms with Crippen LogP contribution in [0, 0.1) is 0 Å². The first-order valence-corrected chi connectivity index (χ1v) is 7.04. The number of alkyl halides is 3. The van der Waals surface area contributed by atoms with E-state index in [0.717, 1.165) is 25.0 Å². The lowest BCUT2D eigenvalue weighted by molar-refractivity contribution is -0.137. The van der Waals surface area contributed by atoms with E-state index in [2.05, 4.69) is 0 Å². The Morgan fingerprint density at radius 2 is 1.76 bits per heavy atom. The Bertz CT molecular complexity index is 699. The highest BCUT2D eigenvalue weighted by Gasteiger charge is 2.31. The predicted molar refractivity (Wildman–Crippen MR) is 75.5 cm³/mol. The molecule has 21 heavy (non-hydrogen) atoms. The van der Waals surface area contributed by atoms with Crippen LogP contribution in [0.3, 0.4) is 0 Å². The largest absolute Gasteiger partial charge is 0.461 e. The maximum atomic E-state index is 12.7. The van der Waals surface area contributed by atoms with Crippen molar-refractivity contribution in [3.63, 3.8) is 0 Å². The molecule has 0 aliphatic rings. The smallest absolute Gasteiger partial charge is 0.416 e. The Balaban J connectivity index is 2.70. The number of hydrogen-bond acceptors (Lipinski definition) is 2. The minimum atomic E-state index is -4.44. The molecule has 0 radical (unpaired) electrons. The number of hydrogen-bond donors (Lipinski definition) is 0. The molecule has 0 unspecified atom stereocenters. The van der Waals surface area contributed by atoms with E-state index in [4.69, 9.17) is 4.42 Å². The van der Waals surface area contributed by atoms with Gasteiger partial charge in [0.15, 0.2) is 5.43 Å². The highest BCUT2D eigenvalue weighted by molar-refractivity contribution is 5.78. The first kappa shape index (κ1) is 15.6. The van der Waals surface area contributed by atoms with Gasteiger partial charge in [-0.25, -0.2) is 0 Å². The van der Waals surface area contributed by atoms with Crippen LogP contribution in [-0.4, -0.2) is 0 Å². The second-order valence-corrected chi connectivity index (χ2v) is 5.04. The summed E-state index contributed by atoms with van der Waals surface area (Å²) in [5.74, 6) is 0.510. The molecular weight excluding hydrogens is 281 g/mol. The van der Waals surface area contributed by atoms with Crippen molar-refractivity contribution in [2.24, 2.45) is 0 Å². The van der Waals surface area contributed by atoms with Gasteiger partial charge in [0.05, 0.1) is 10.9 Å². The van der Waals surface area contributed by atoms with E-state index in [1.54, 1.807) is 0 Å². The fourth-order valence-corrected chi connectivity index (χ4v) is 2.39. The molecule has 0 atom stereocenters. The van der Waals surface area contributed by atoms with Gasteiger partial charge in [0.1, 0.15) is 11.3 Å². The molecule has 114 valence electrons. The molecule has 0 spiro atoms. The van der Waals surface area contributed by atoms with Crippen LogP contribution in [0.4, 0.5) is 13.2 Å². The van der Waals surface area contributed by atoms with Crippen molar-refractivity contribution in [3.8, 4) is 0 Å². The van der Waals surface area contributed by atoms with Crippen molar-refractivity contribution in [2.45, 2.75) is 45.7 Å². The molecule has 0 saturated heterocycles. The molecule has 0 aliphatic heterocycles. The van der Waals surface area contributed by atoms with Crippen molar-refractivity contribution in [3.05, 3.63) is 45.3 Å². The number of aryl methyl sites for hydroxylation is 1. The summed E-state index contributed by atoms with van der Waals surface area (Å²) in [4.78, 5) is 12.4. The maximum Gasteiger partial charge on any atom is 0.416 e. The Kier molecular flexibility index (Phi) is 4.40. The van der Waals surface area contributed by atoms with E-state index < -0.39 is 11.7 Å². The zero-order chi connectivity index (χ0) is 15.6. The van der Waals surface area contributed by atoms with E-state index in [9.17, 15) is 18.0 Å². The van der Waals surface area contributed by atoms with E-state index in [1.165, 1.54) is 6.07 Å². The van der Waals surface area contributed by atoms with Gasteiger partial charge in [-0.15, -0.1) is 0 Å². The number of halogens is 3. The zero-order valence-electron chi connectivity index (χ0n) is 12.0. The van der Waals surface area contributed by atoms with Crippen molar-refractivity contribution < 1.29 is 17.6 Å². The first-order chi connectivity index (χ1) is 9.88. The second-order valence-electron chi connectivity index (χ2n) is 5.04. The van der Waals surface area contributed by atoms with Gasteiger partial charge < -0.3 is 4.42 Å². The fraction of sp³-hybridized carbons (Fsp3) is 0.438. The van der Waals surface area contributed by atoms with Gasteiger partial charge in [-0.2, -0.15) is 13.2 Å². The molecule has 0 saturated carbocycles. The lowest BCUT2D eigenvalue weighted by Crippen LogP contribution is -2.14. The first-order valence-electron chi connectivity index (χ1n) is 7.04. The Morgan fingerprint density at radius 1 is 1.10 bits per heavy atom. The summed E-state index contributed by atoms with van der Waals surface area (Å²) < 4.78 is 43.8. The van der Waals surface area contributed by atoms with Crippen LogP contribution in [0.1, 0.15) is 43.6 Å². The van der Waals surface area contributed by atoms with Crippen molar-refractivity contribution in [1.82, 2.24) is 0 Å². The molecule has 0 bridgehead atoms. The summed E-state index contributed by atoms with van der Waals surface area (Å²) >= 11 is 0. The molecule has 1 aromatic carbocycles. The molecule has 5 heteroatoms. The predicted octanol–water partition coefficient (Wildman–Crippen LogP) is 4.72. The fourth-order valence-electron chi connectivity index (χ4n) is 2.39. The van der Waals surface area contributed by atoms with Gasteiger partial charge in [-0.05, 0) is 31.0 Å². The van der Waals surface area contributed by atoms with E-state index in [-0.39, 0.29) is 16.4 Å². The molecule has 0 amide bonds. The van der Waals surface area contributed by atoms with E-state index in [0.29, 0.717) is 24.2 Å². The SMILES string of the molecule is CCCc1oc2cc(C(F)(F)F)ccc2c(=O)c1CCC. The molecule has 2 rings (SSSR count). The van der Waals surface area contributed by atoms with Crippen LogP contribution in [-0.2, 0) is 19.0 Å². The second kappa shape index (κ2) is 5.92. The van der Waals surface area contributed by atoms with Crippen molar-refractivity contribution in [2.75, 3.05) is 0 Å². The van der Waals surface area contributed by atoms with Gasteiger partial charge in [0, 0.05) is 12.0 Å². The minimum Gasteiger partial charge on any atom is -0.461 e. The summed E-state index contributed by atoms with van der Waals surface area (Å²) in [6.07, 6.45) is -1.76. The topological polar surface area (TPSA) is 30.2 Å². The minimum absolute atomic E-state index is 0.0122. The van der Waals surface area contributed by atoms with Crippen LogP contribution in [0.2, 0.25) is 0 Å². The standard InChI is InChI=1S/C16H17F3O2/c1-3-5-11-13(6-4-2)21-14-9-10(16(17,18)19)7-8-12(14)15(11)20/h7-9H,3-6H2,1-2H3. The van der Waals surface area contributed by atoms with Crippen molar-refractivity contribution in [1.29, 1.82) is 0 Å². The molecule has 0 fully saturated rings. The molecular formula is C16H17F3O2. The van der Waals surface area contributed by atoms with Gasteiger partial charge in [0.2, 0.25) is 0 Å². The van der Waals surface area contributed by atoms with Gasteiger partial charge >= 0.3 is 6.18 Å². The molecule has 1 aromatic heterocycles. The molecule has 2 nitrogen and oxygen atoms in total. The number of benzene rings is 1. The monoisotopic (exact) mass is 298 g/mol. The summed E-state index contributed by atoms with van der Waals surface area (Å²) in [6.45, 7) is 3.89. The van der Waals surface area contributed by atoms with Crippen molar-refractivity contribution >= 4 is 11.0 Å². The molecule has 0 N–H and O–H groups in total. The van der Waals surface area contributed by atoms with Crippen LogP contribution >= 0.6 is 0 Å². The lowest BCUT2D eigenvalue weighted by Gasteiger charge is -2.11. The van der Waals surface area contributed by atoms with Gasteiger partial charge in [-0.1, -0.05) is 20.3 Å². The van der Waals surface area contributed by atoms with Gasteiger partial charge in [0.25, 0.3) is 0 Å². The summed E-state index contributed by atoms with van der Waals surface area (Å²) in [7, 11) is 0. The third-order valence-corrected chi connectivity index (χ3v) is 3.37. The summed E-state index contributed by atoms with van der Waals surface area (Å²) in [6, 6.07) is 3.04. The van der Waals surface area contributed by atoms with Crippen LogP contribution in [0.15, 0.2) is 27.4 Å². The lowest BCUT2D eigenvalue weighted by atomic mass is 10.0. The van der Waals surface area contributed by atoms with E-state index in [1.807, 2.05) is 13.8 Å². The number of rotatable bonds is 4. The quantitative estimate of drug-likeness (QED) is 0.817. The summed E-state index contributed by atoms with van der Waals surface area (Å²) in [5, 5.41) is 0.214. The van der Waals surface area contributed by atoms with Crippen LogP contribution in [0.5, 0.6) is 0 Å². The highest BCUT2D eigenvalue weighted by atomic mass is 19.4. The average Bonchev–Trinajstić information content (AvgIpc) is 2.42. The normalized spacial score (nSPS) is 12.0. The third-order valence-electron chi connectivity index (χ3n) is 3.37. The van der Waals surface area contributed by atoms with Gasteiger partial charge in [-0.3, -0.25) is 4.79 Å². The molecule has 2 aromatic rings. The Morgan fingerprint density at radius 3 is 2.33 bits per heavy atom. The average molecular weight is 298 g/mol. The maximum absolute atomic E-state index is 12.7. The molecule has 1 heterocycles. The van der Waals surface area contributed by atoms with E-state index >= 15 is 0 Å². The van der Waals surface area contributed by atoms with Crippen LogP contribution < -0.4 is 5.43 Å².